The molecule has 0 saturated carbocycles. The number of aliphatic hydroxyl groups excluding tert-OH is 1. The number of fused-ring (bicyclic) bond motifs is 1. The molecule has 8 nitrogen and oxygen atoms in total. The Bertz CT molecular complexity index is 1220. The van der Waals surface area contributed by atoms with Crippen LogP contribution in [0.4, 0.5) is 5.69 Å². The molecular formula is C22H26N4O4S. The number of anilines is 1. The molecule has 2 N–H and O–H groups in total. The van der Waals surface area contributed by atoms with Crippen molar-refractivity contribution in [3.8, 4) is 11.4 Å². The third-order valence-corrected chi connectivity index (χ3v) is 7.04. The van der Waals surface area contributed by atoms with E-state index < -0.39 is 10.0 Å². The van der Waals surface area contributed by atoms with Gasteiger partial charge in [-0.05, 0) is 31.9 Å². The summed E-state index contributed by atoms with van der Waals surface area (Å²) >= 11 is 0. The van der Waals surface area contributed by atoms with Gasteiger partial charge in [0.1, 0.15) is 5.82 Å². The van der Waals surface area contributed by atoms with Crippen molar-refractivity contribution in [2.24, 2.45) is 7.05 Å². The quantitative estimate of drug-likeness (QED) is 0.611. The van der Waals surface area contributed by atoms with Crippen LogP contribution in [0, 0.1) is 0 Å². The predicted molar refractivity (Wildman–Crippen MR) is 120 cm³/mol. The van der Waals surface area contributed by atoms with Gasteiger partial charge in [0.15, 0.2) is 0 Å². The summed E-state index contributed by atoms with van der Waals surface area (Å²) in [5.41, 5.74) is 2.72. The van der Waals surface area contributed by atoms with Gasteiger partial charge in [0.05, 0.1) is 40.7 Å². The number of benzene rings is 2. The van der Waals surface area contributed by atoms with Crippen molar-refractivity contribution < 1.29 is 18.3 Å². The largest absolute Gasteiger partial charge is 0.394 e. The first-order valence-electron chi connectivity index (χ1n) is 10.3. The molecule has 2 heterocycles. The second kappa shape index (κ2) is 8.32. The average Bonchev–Trinajstić information content (AvgIpc) is 3.37. The Labute approximate surface area is 181 Å². The lowest BCUT2D eigenvalue weighted by molar-refractivity contribution is 0.0679. The van der Waals surface area contributed by atoms with Gasteiger partial charge in [0.25, 0.3) is 5.91 Å². The summed E-state index contributed by atoms with van der Waals surface area (Å²) < 4.78 is 28.7. The molecule has 31 heavy (non-hydrogen) atoms. The Morgan fingerprint density at radius 2 is 2.00 bits per heavy atom. The molecule has 1 atom stereocenters. The van der Waals surface area contributed by atoms with E-state index in [4.69, 9.17) is 4.98 Å². The average molecular weight is 443 g/mol. The van der Waals surface area contributed by atoms with Gasteiger partial charge in [-0.1, -0.05) is 30.3 Å². The zero-order chi connectivity index (χ0) is 22.2. The van der Waals surface area contributed by atoms with E-state index in [1.165, 1.54) is 0 Å². The Morgan fingerprint density at radius 1 is 1.26 bits per heavy atom. The van der Waals surface area contributed by atoms with E-state index in [1.807, 2.05) is 41.9 Å². The van der Waals surface area contributed by atoms with Crippen LogP contribution in [0.25, 0.3) is 22.4 Å². The molecule has 3 aromatic rings. The zero-order valence-corrected chi connectivity index (χ0v) is 18.4. The van der Waals surface area contributed by atoms with Gasteiger partial charge in [-0.15, -0.1) is 0 Å². The number of aliphatic hydroxyl groups is 1. The van der Waals surface area contributed by atoms with Gasteiger partial charge >= 0.3 is 0 Å². The van der Waals surface area contributed by atoms with Crippen LogP contribution in [0.5, 0.6) is 0 Å². The van der Waals surface area contributed by atoms with Crippen LogP contribution in [-0.4, -0.2) is 58.8 Å². The third kappa shape index (κ3) is 4.03. The summed E-state index contributed by atoms with van der Waals surface area (Å²) in [6.45, 7) is 2.01. The van der Waals surface area contributed by atoms with E-state index >= 15 is 0 Å². The highest BCUT2D eigenvalue weighted by Crippen LogP contribution is 2.31. The summed E-state index contributed by atoms with van der Waals surface area (Å²) in [5, 5.41) is 9.69. The monoisotopic (exact) mass is 442 g/mol. The van der Waals surface area contributed by atoms with Gasteiger partial charge < -0.3 is 14.6 Å². The van der Waals surface area contributed by atoms with Gasteiger partial charge in [0.2, 0.25) is 10.0 Å². The van der Waals surface area contributed by atoms with Crippen LogP contribution in [0.3, 0.4) is 0 Å². The molecule has 1 aliphatic rings. The molecule has 0 radical (unpaired) electrons. The number of hydrogen-bond donors (Lipinski definition) is 2. The highest BCUT2D eigenvalue weighted by atomic mass is 32.2. The number of imidazole rings is 1. The van der Waals surface area contributed by atoms with Crippen LogP contribution in [-0.2, 0) is 17.1 Å². The summed E-state index contributed by atoms with van der Waals surface area (Å²) in [4.78, 5) is 19.9. The van der Waals surface area contributed by atoms with Crippen molar-refractivity contribution in [2.75, 3.05) is 23.6 Å². The first kappa shape index (κ1) is 21.3. The third-order valence-electron chi connectivity index (χ3n) is 5.73. The van der Waals surface area contributed by atoms with Crippen LogP contribution < -0.4 is 4.72 Å². The van der Waals surface area contributed by atoms with E-state index in [0.717, 1.165) is 18.4 Å². The molecule has 1 aliphatic heterocycles. The number of rotatable bonds is 6. The SMILES string of the molecule is CCS(=O)(=O)Nc1cc(C(=O)N2CCC[C@H]2CO)c2c(c1)nc(-c1ccccc1)n2C. The van der Waals surface area contributed by atoms with Crippen molar-refractivity contribution >= 4 is 32.7 Å². The first-order chi connectivity index (χ1) is 14.8. The minimum absolute atomic E-state index is 0.0789. The molecule has 1 aromatic heterocycles. The molecular weight excluding hydrogens is 416 g/mol. The number of aromatic nitrogens is 2. The topological polar surface area (TPSA) is 105 Å². The van der Waals surface area contributed by atoms with Crippen molar-refractivity contribution in [1.82, 2.24) is 14.5 Å². The van der Waals surface area contributed by atoms with Crippen LogP contribution in [0.15, 0.2) is 42.5 Å². The minimum Gasteiger partial charge on any atom is -0.394 e. The maximum absolute atomic E-state index is 13.5. The van der Waals surface area contributed by atoms with Gasteiger partial charge in [-0.2, -0.15) is 0 Å². The summed E-state index contributed by atoms with van der Waals surface area (Å²) in [7, 11) is -1.68. The smallest absolute Gasteiger partial charge is 0.256 e. The number of aryl methyl sites for hydroxylation is 1. The van der Waals surface area contributed by atoms with Crippen LogP contribution in [0.1, 0.15) is 30.1 Å². The van der Waals surface area contributed by atoms with Crippen LogP contribution >= 0.6 is 0 Å². The number of hydrogen-bond acceptors (Lipinski definition) is 5. The standard InChI is InChI=1S/C22H26N4O4S/c1-3-31(29,30)24-16-12-18(22(28)26-11-7-10-17(26)14-27)20-19(13-16)23-21(25(20)2)15-8-5-4-6-9-15/h4-6,8-9,12-13,17,24,27H,3,7,10-11,14H2,1-2H3/t17-/m0/s1. The Hall–Kier alpha value is -2.91. The molecule has 1 amide bonds. The number of carbonyl (C=O) groups excluding carboxylic acids is 1. The number of carbonyl (C=O) groups is 1. The zero-order valence-electron chi connectivity index (χ0n) is 17.6. The molecule has 4 rings (SSSR count). The molecule has 0 spiro atoms. The summed E-state index contributed by atoms with van der Waals surface area (Å²) in [6.07, 6.45) is 1.57. The Kier molecular flexibility index (Phi) is 5.72. The van der Waals surface area contributed by atoms with E-state index in [9.17, 15) is 18.3 Å². The number of likely N-dealkylation sites (tertiary alicyclic amines) is 1. The maximum Gasteiger partial charge on any atom is 0.256 e. The number of nitrogens with zero attached hydrogens (tertiary/aromatic N) is 3. The molecule has 2 aromatic carbocycles. The van der Waals surface area contributed by atoms with Gasteiger partial charge in [-0.25, -0.2) is 13.4 Å². The van der Waals surface area contributed by atoms with Crippen molar-refractivity contribution in [3.05, 3.63) is 48.0 Å². The molecule has 1 fully saturated rings. The molecule has 0 bridgehead atoms. The van der Waals surface area contributed by atoms with Crippen molar-refractivity contribution in [2.45, 2.75) is 25.8 Å². The molecule has 0 unspecified atom stereocenters. The fourth-order valence-electron chi connectivity index (χ4n) is 4.12. The summed E-state index contributed by atoms with van der Waals surface area (Å²) in [5.74, 6) is 0.367. The highest BCUT2D eigenvalue weighted by molar-refractivity contribution is 7.92. The summed E-state index contributed by atoms with van der Waals surface area (Å²) in [6, 6.07) is 12.6. The molecule has 9 heteroatoms. The molecule has 1 saturated heterocycles. The number of nitrogens with one attached hydrogen (secondary N) is 1. The fraction of sp³-hybridized carbons (Fsp3) is 0.364. The minimum atomic E-state index is -3.52. The number of sulfonamides is 1. The Morgan fingerprint density at radius 3 is 2.68 bits per heavy atom. The maximum atomic E-state index is 13.5. The van der Waals surface area contributed by atoms with E-state index in [0.29, 0.717) is 34.7 Å². The van der Waals surface area contributed by atoms with Crippen LogP contribution in [0.2, 0.25) is 0 Å². The van der Waals surface area contributed by atoms with Gasteiger partial charge in [-0.3, -0.25) is 9.52 Å². The van der Waals surface area contributed by atoms with E-state index in [2.05, 4.69) is 4.72 Å². The fourth-order valence-corrected chi connectivity index (χ4v) is 4.74. The second-order valence-corrected chi connectivity index (χ2v) is 9.75. The lowest BCUT2D eigenvalue weighted by Gasteiger charge is -2.24. The van der Waals surface area contributed by atoms with Gasteiger partial charge in [0, 0.05) is 19.2 Å². The lowest BCUT2D eigenvalue weighted by atomic mass is 10.1. The predicted octanol–water partition coefficient (Wildman–Crippen LogP) is 2.60. The highest BCUT2D eigenvalue weighted by Gasteiger charge is 2.31. The van der Waals surface area contributed by atoms with E-state index in [-0.39, 0.29) is 24.3 Å². The second-order valence-electron chi connectivity index (χ2n) is 7.73. The lowest BCUT2D eigenvalue weighted by Crippen LogP contribution is -2.37. The van der Waals surface area contributed by atoms with Crippen molar-refractivity contribution in [3.63, 3.8) is 0 Å². The normalized spacial score (nSPS) is 16.7. The molecule has 164 valence electrons. The Balaban J connectivity index is 1.90. The van der Waals surface area contributed by atoms with Crippen molar-refractivity contribution in [1.29, 1.82) is 0 Å². The number of amides is 1. The molecule has 0 aliphatic carbocycles. The van der Waals surface area contributed by atoms with E-state index in [1.54, 1.807) is 24.0 Å². The first-order valence-corrected chi connectivity index (χ1v) is 12.0.